The van der Waals surface area contributed by atoms with E-state index in [2.05, 4.69) is 15.3 Å². The van der Waals surface area contributed by atoms with Crippen molar-refractivity contribution in [2.45, 2.75) is 13.5 Å². The predicted molar refractivity (Wildman–Crippen MR) is 98.1 cm³/mol. The molecule has 1 aromatic heterocycles. The van der Waals surface area contributed by atoms with Crippen LogP contribution < -0.4 is 16.4 Å². The molecule has 3 aromatic rings. The Hall–Kier alpha value is -3.26. The number of nitrogens with one attached hydrogen (secondary N) is 3. The van der Waals surface area contributed by atoms with Gasteiger partial charge in [-0.05, 0) is 18.1 Å². The SMILES string of the molecule is Cc1ccc([CH]CNCc2cc([N+](=O)[O-])cc3[nH]c(=O)c(=O)[nH]c23)cc1. The van der Waals surface area contributed by atoms with Gasteiger partial charge in [-0.15, -0.1) is 0 Å². The van der Waals surface area contributed by atoms with Crippen molar-refractivity contribution in [2.75, 3.05) is 6.54 Å². The number of fused-ring (bicyclic) bond motifs is 1. The van der Waals surface area contributed by atoms with Gasteiger partial charge in [0.2, 0.25) is 0 Å². The molecule has 0 bridgehead atoms. The first kappa shape index (κ1) is 17.6. The zero-order valence-electron chi connectivity index (χ0n) is 14.0. The summed E-state index contributed by atoms with van der Waals surface area (Å²) in [6, 6.07) is 10.6. The van der Waals surface area contributed by atoms with Crippen molar-refractivity contribution in [3.05, 3.63) is 90.3 Å². The summed E-state index contributed by atoms with van der Waals surface area (Å²) in [5, 5.41) is 14.3. The van der Waals surface area contributed by atoms with Gasteiger partial charge in [0.1, 0.15) is 0 Å². The van der Waals surface area contributed by atoms with E-state index in [1.54, 1.807) is 0 Å². The maximum Gasteiger partial charge on any atom is 0.314 e. The van der Waals surface area contributed by atoms with Crippen LogP contribution in [0.4, 0.5) is 5.69 Å². The Kier molecular flexibility index (Phi) is 4.94. The number of benzene rings is 2. The predicted octanol–water partition coefficient (Wildman–Crippen LogP) is 1.78. The van der Waals surface area contributed by atoms with Crippen LogP contribution in [0.2, 0.25) is 0 Å². The van der Waals surface area contributed by atoms with Gasteiger partial charge >= 0.3 is 11.1 Å². The number of nitro benzene ring substituents is 1. The Morgan fingerprint density at radius 2 is 1.81 bits per heavy atom. The van der Waals surface area contributed by atoms with Crippen LogP contribution in [-0.4, -0.2) is 21.4 Å². The van der Waals surface area contributed by atoms with Crippen molar-refractivity contribution in [1.29, 1.82) is 0 Å². The van der Waals surface area contributed by atoms with E-state index in [1.165, 1.54) is 17.7 Å². The van der Waals surface area contributed by atoms with Crippen molar-refractivity contribution in [1.82, 2.24) is 15.3 Å². The van der Waals surface area contributed by atoms with Crippen molar-refractivity contribution in [3.8, 4) is 0 Å². The van der Waals surface area contributed by atoms with Crippen LogP contribution in [0.25, 0.3) is 11.0 Å². The number of aryl methyl sites for hydroxylation is 1. The van der Waals surface area contributed by atoms with Crippen LogP contribution >= 0.6 is 0 Å². The first-order valence-corrected chi connectivity index (χ1v) is 7.98. The van der Waals surface area contributed by atoms with Gasteiger partial charge in [0.05, 0.1) is 16.0 Å². The normalized spacial score (nSPS) is 11.0. The summed E-state index contributed by atoms with van der Waals surface area (Å²) in [7, 11) is 0. The van der Waals surface area contributed by atoms with Crippen LogP contribution in [0.15, 0.2) is 46.0 Å². The topological polar surface area (TPSA) is 121 Å². The fraction of sp³-hybridized carbons (Fsp3) is 0.167. The number of hydrogen-bond donors (Lipinski definition) is 3. The zero-order valence-corrected chi connectivity index (χ0v) is 14.0. The van der Waals surface area contributed by atoms with E-state index in [4.69, 9.17) is 0 Å². The van der Waals surface area contributed by atoms with Crippen LogP contribution in [0.1, 0.15) is 16.7 Å². The molecule has 8 heteroatoms. The lowest BCUT2D eigenvalue weighted by Gasteiger charge is -2.08. The lowest BCUT2D eigenvalue weighted by Crippen LogP contribution is -2.29. The van der Waals surface area contributed by atoms with Crippen molar-refractivity contribution < 1.29 is 4.92 Å². The van der Waals surface area contributed by atoms with Crippen LogP contribution in [0, 0.1) is 23.5 Å². The van der Waals surface area contributed by atoms with Crippen molar-refractivity contribution in [3.63, 3.8) is 0 Å². The second-order valence-corrected chi connectivity index (χ2v) is 5.94. The third-order valence-electron chi connectivity index (χ3n) is 3.98. The lowest BCUT2D eigenvalue weighted by molar-refractivity contribution is -0.384. The Balaban J connectivity index is 1.80. The molecule has 1 radical (unpaired) electrons. The fourth-order valence-electron chi connectivity index (χ4n) is 2.63. The third-order valence-corrected chi connectivity index (χ3v) is 3.98. The average Bonchev–Trinajstić information content (AvgIpc) is 2.61. The smallest absolute Gasteiger partial charge is 0.314 e. The molecule has 0 saturated heterocycles. The molecule has 0 atom stereocenters. The number of nitrogens with zero attached hydrogens (tertiary/aromatic N) is 1. The molecule has 0 aliphatic rings. The summed E-state index contributed by atoms with van der Waals surface area (Å²) in [6.45, 7) is 2.85. The molecular weight excluding hydrogens is 336 g/mol. The first-order valence-electron chi connectivity index (χ1n) is 7.98. The molecule has 3 N–H and O–H groups in total. The van der Waals surface area contributed by atoms with Crippen LogP contribution in [0.5, 0.6) is 0 Å². The molecule has 0 unspecified atom stereocenters. The molecule has 2 aromatic carbocycles. The van der Waals surface area contributed by atoms with Gasteiger partial charge in [0.25, 0.3) is 5.69 Å². The first-order chi connectivity index (χ1) is 12.4. The molecule has 133 valence electrons. The quantitative estimate of drug-likeness (QED) is 0.270. The van der Waals surface area contributed by atoms with Gasteiger partial charge in [-0.3, -0.25) is 19.7 Å². The lowest BCUT2D eigenvalue weighted by atomic mass is 10.1. The molecule has 26 heavy (non-hydrogen) atoms. The molecular formula is C18H17N4O4. The number of aromatic amines is 2. The number of aromatic nitrogens is 2. The van der Waals surface area contributed by atoms with Crippen LogP contribution in [-0.2, 0) is 6.54 Å². The van der Waals surface area contributed by atoms with Crippen molar-refractivity contribution >= 4 is 16.7 Å². The van der Waals surface area contributed by atoms with E-state index in [9.17, 15) is 19.7 Å². The molecule has 8 nitrogen and oxygen atoms in total. The zero-order chi connectivity index (χ0) is 18.7. The molecule has 0 aliphatic carbocycles. The number of non-ortho nitro benzene ring substituents is 1. The average molecular weight is 353 g/mol. The minimum absolute atomic E-state index is 0.153. The minimum Gasteiger partial charge on any atom is -0.316 e. The highest BCUT2D eigenvalue weighted by molar-refractivity contribution is 5.80. The third kappa shape index (κ3) is 3.86. The monoisotopic (exact) mass is 353 g/mol. The molecule has 0 amide bonds. The largest absolute Gasteiger partial charge is 0.316 e. The summed E-state index contributed by atoms with van der Waals surface area (Å²) in [6.07, 6.45) is 1.99. The molecule has 3 rings (SSSR count). The highest BCUT2D eigenvalue weighted by Crippen LogP contribution is 2.21. The standard InChI is InChI=1S/C18H17N4O4/c1-11-2-4-12(5-3-11)6-7-19-10-13-8-14(22(25)26)9-15-16(13)21-18(24)17(23)20-15/h2-6,8-9,19H,7,10H2,1H3,(H,20,23)(H,21,24). The van der Waals surface area contributed by atoms with Gasteiger partial charge in [0.15, 0.2) is 0 Å². The van der Waals surface area contributed by atoms with E-state index >= 15 is 0 Å². The molecule has 0 aliphatic heterocycles. The number of rotatable bonds is 6. The maximum absolute atomic E-state index is 11.6. The molecule has 1 heterocycles. The van der Waals surface area contributed by atoms with E-state index in [-0.39, 0.29) is 11.2 Å². The van der Waals surface area contributed by atoms with E-state index in [1.807, 2.05) is 37.6 Å². The Morgan fingerprint density at radius 3 is 2.50 bits per heavy atom. The molecule has 0 spiro atoms. The Bertz CT molecular complexity index is 1070. The molecule has 0 fully saturated rings. The van der Waals surface area contributed by atoms with Gasteiger partial charge in [-0.1, -0.05) is 29.8 Å². The summed E-state index contributed by atoms with van der Waals surface area (Å²) in [5.74, 6) is 0. The van der Waals surface area contributed by atoms with E-state index in [0.29, 0.717) is 24.2 Å². The second kappa shape index (κ2) is 7.32. The Morgan fingerprint density at radius 1 is 1.12 bits per heavy atom. The van der Waals surface area contributed by atoms with E-state index < -0.39 is 16.0 Å². The summed E-state index contributed by atoms with van der Waals surface area (Å²) in [5.41, 5.74) is 1.58. The van der Waals surface area contributed by atoms with E-state index in [0.717, 1.165) is 5.56 Å². The van der Waals surface area contributed by atoms with Gasteiger partial charge in [-0.2, -0.15) is 0 Å². The highest BCUT2D eigenvalue weighted by atomic mass is 16.6. The highest BCUT2D eigenvalue weighted by Gasteiger charge is 2.13. The van der Waals surface area contributed by atoms with Crippen molar-refractivity contribution in [2.24, 2.45) is 0 Å². The van der Waals surface area contributed by atoms with Gasteiger partial charge in [0, 0.05) is 31.6 Å². The summed E-state index contributed by atoms with van der Waals surface area (Å²) < 4.78 is 0. The van der Waals surface area contributed by atoms with Gasteiger partial charge in [-0.25, -0.2) is 0 Å². The molecule has 0 saturated carbocycles. The number of H-pyrrole nitrogens is 2. The minimum atomic E-state index is -0.843. The fourth-order valence-corrected chi connectivity index (χ4v) is 2.63. The second-order valence-electron chi connectivity index (χ2n) is 5.94. The van der Waals surface area contributed by atoms with Crippen LogP contribution in [0.3, 0.4) is 0 Å². The maximum atomic E-state index is 11.6. The van der Waals surface area contributed by atoms with Gasteiger partial charge < -0.3 is 15.3 Å². The number of nitro groups is 1. The Labute approximate surface area is 148 Å². The number of hydrogen-bond acceptors (Lipinski definition) is 5. The summed E-state index contributed by atoms with van der Waals surface area (Å²) >= 11 is 0. The summed E-state index contributed by atoms with van der Waals surface area (Å²) in [4.78, 5) is 38.5.